The maximum atomic E-state index is 14.1. The fourth-order valence-corrected chi connectivity index (χ4v) is 16.2. The fourth-order valence-electron chi connectivity index (χ4n) is 15.7. The van der Waals surface area contributed by atoms with Gasteiger partial charge in [0.1, 0.15) is 13.2 Å². The average Bonchev–Trinajstić information content (AvgIpc) is 1.50. The van der Waals surface area contributed by atoms with Crippen LogP contribution in [-0.2, 0) is 85.6 Å². The summed E-state index contributed by atoms with van der Waals surface area (Å²) in [4.78, 5) is 121. The van der Waals surface area contributed by atoms with Crippen molar-refractivity contribution in [1.82, 2.24) is 44.1 Å². The molecule has 6 fully saturated rings. The Labute approximate surface area is 656 Å². The summed E-state index contributed by atoms with van der Waals surface area (Å²) in [6, 6.07) is 19.2. The van der Waals surface area contributed by atoms with Gasteiger partial charge >= 0.3 is 48.5 Å². The van der Waals surface area contributed by atoms with Crippen LogP contribution in [0.3, 0.4) is 0 Å². The molecule has 612 valence electrons. The molecule has 2 atom stereocenters. The lowest BCUT2D eigenvalue weighted by molar-refractivity contribution is -0.157. The summed E-state index contributed by atoms with van der Waals surface area (Å²) in [5, 5.41) is 5.32. The van der Waals surface area contributed by atoms with E-state index in [1.54, 1.807) is 26.5 Å². The summed E-state index contributed by atoms with van der Waals surface area (Å²) in [6.07, 6.45) is -8.28. The first-order valence-electron chi connectivity index (χ1n) is 38.2. The molecule has 8 amide bonds. The minimum Gasteiger partial charge on any atom is -0.464 e. The van der Waals surface area contributed by atoms with E-state index in [-0.39, 0.29) is 128 Å². The number of piperidine rings is 4. The van der Waals surface area contributed by atoms with Crippen LogP contribution >= 0.6 is 23.2 Å². The topological polar surface area (TPSA) is 297 Å². The van der Waals surface area contributed by atoms with Crippen molar-refractivity contribution in [2.75, 3.05) is 161 Å². The highest BCUT2D eigenvalue weighted by Gasteiger charge is 2.44. The maximum Gasteiger partial charge on any atom is 0.418 e. The second-order valence-corrected chi connectivity index (χ2v) is 30.6. The number of hydrogen-bond donors (Lipinski definition) is 4. The van der Waals surface area contributed by atoms with Crippen molar-refractivity contribution in [3.05, 3.63) is 116 Å². The van der Waals surface area contributed by atoms with E-state index in [1.165, 1.54) is 21.9 Å². The van der Waals surface area contributed by atoms with Crippen LogP contribution in [0.4, 0.5) is 68.3 Å². The van der Waals surface area contributed by atoms with E-state index in [9.17, 15) is 64.7 Å². The van der Waals surface area contributed by atoms with Gasteiger partial charge in [-0.3, -0.25) is 19.4 Å². The van der Waals surface area contributed by atoms with Gasteiger partial charge in [0.15, 0.2) is 12.2 Å². The molecule has 0 spiro atoms. The monoisotopic (exact) mass is 1610 g/mol. The highest BCUT2D eigenvalue weighted by molar-refractivity contribution is 6.33. The van der Waals surface area contributed by atoms with Gasteiger partial charge in [-0.1, -0.05) is 59.6 Å². The van der Waals surface area contributed by atoms with Gasteiger partial charge in [-0.05, 0) is 150 Å². The lowest BCUT2D eigenvalue weighted by Gasteiger charge is -2.47. The molecule has 0 bridgehead atoms. The Balaban J connectivity index is 0.000000222. The number of likely N-dealkylation sites (tertiary alicyclic amines) is 6. The quantitative estimate of drug-likeness (QED) is 0.0177. The molecule has 35 heteroatoms. The van der Waals surface area contributed by atoms with Crippen LogP contribution in [-0.4, -0.2) is 279 Å². The Hall–Kier alpha value is -8.60. The minimum atomic E-state index is -4.80. The number of esters is 2. The van der Waals surface area contributed by atoms with E-state index in [0.717, 1.165) is 47.6 Å². The summed E-state index contributed by atoms with van der Waals surface area (Å²) >= 11 is 12.2. The zero-order chi connectivity index (χ0) is 80.1. The van der Waals surface area contributed by atoms with Crippen LogP contribution in [0.1, 0.15) is 98.1 Å². The van der Waals surface area contributed by atoms with Crippen LogP contribution in [0, 0.1) is 0 Å². The summed E-state index contributed by atoms with van der Waals surface area (Å²) in [7, 11) is 3.90. The van der Waals surface area contributed by atoms with Crippen molar-refractivity contribution in [3.63, 3.8) is 0 Å². The molecule has 112 heavy (non-hydrogen) atoms. The van der Waals surface area contributed by atoms with Gasteiger partial charge in [0.2, 0.25) is 0 Å². The van der Waals surface area contributed by atoms with Crippen molar-refractivity contribution in [1.29, 1.82) is 0 Å². The minimum absolute atomic E-state index is 0.0449. The third kappa shape index (κ3) is 22.0. The third-order valence-electron chi connectivity index (χ3n) is 22.0. The molecular weight excluding hydrogens is 1520 g/mol. The largest absolute Gasteiger partial charge is 0.464 e. The number of alkyl halides is 6. The lowest BCUT2D eigenvalue weighted by atomic mass is 9.97. The number of nitrogens with zero attached hydrogens (tertiary/aromatic N) is 9. The number of para-hydroxylation sites is 2. The zero-order valence-corrected chi connectivity index (χ0v) is 64.6. The van der Waals surface area contributed by atoms with Gasteiger partial charge in [0, 0.05) is 147 Å². The van der Waals surface area contributed by atoms with Crippen molar-refractivity contribution in [2.24, 2.45) is 0 Å². The molecule has 6 saturated heterocycles. The van der Waals surface area contributed by atoms with Crippen molar-refractivity contribution in [3.8, 4) is 0 Å². The SMILES string of the molecule is CCOC(=O)COC1CN(C2CCN(C(=O)[C@@H](Cc3cc(Cl)c(N)c(C(F)(F)F)c3)OC(=O)N3CCC(N4CCc5ccccc5NC4=O)CC3)CC2)C1.CN(C)CCCOC(=O)COC1CN(C2CCN(C(=O)[C@@H](Cc3cc(Cl)c(N)c(C(F)(F)F)c3)OC(=O)N3CCC(N4CCc5ccccc5NC4=O)CC3)CC2)C1. The van der Waals surface area contributed by atoms with Crippen molar-refractivity contribution >= 4 is 94.0 Å². The van der Waals surface area contributed by atoms with Gasteiger partial charge < -0.3 is 84.8 Å². The third-order valence-corrected chi connectivity index (χ3v) is 22.6. The van der Waals surface area contributed by atoms with Crippen LogP contribution in [0.2, 0.25) is 10.0 Å². The number of benzene rings is 4. The molecule has 0 aliphatic carbocycles. The first-order valence-corrected chi connectivity index (χ1v) is 39.0. The Morgan fingerprint density at radius 2 is 0.893 bits per heavy atom. The predicted molar refractivity (Wildman–Crippen MR) is 403 cm³/mol. The van der Waals surface area contributed by atoms with Gasteiger partial charge in [0.25, 0.3) is 11.8 Å². The van der Waals surface area contributed by atoms with E-state index in [1.807, 2.05) is 67.5 Å². The van der Waals surface area contributed by atoms with E-state index >= 15 is 0 Å². The normalized spacial score (nSPS) is 19.5. The Morgan fingerprint density at radius 3 is 1.27 bits per heavy atom. The summed E-state index contributed by atoms with van der Waals surface area (Å²) in [5.74, 6) is -1.84. The molecule has 8 aliphatic heterocycles. The van der Waals surface area contributed by atoms with E-state index in [4.69, 9.17) is 63.1 Å². The predicted octanol–water partition coefficient (Wildman–Crippen LogP) is 9.53. The summed E-state index contributed by atoms with van der Waals surface area (Å²) in [5.41, 5.74) is 11.5. The molecule has 0 radical (unpaired) electrons. The molecule has 27 nitrogen and oxygen atoms in total. The standard InChI is InChI=1S/C40H53ClF3N7O7.C37H46ClF3N6O7/c1-47(2)13-5-19-56-35(52)25-57-30-23-50(24-30)28-9-14-48(15-10-28)37(53)34(22-26-20-31(40(42,43)44)36(45)32(41)21-26)58-39(55)49-16-11-29(12-17-49)51-18-8-27-6-3-4-7-33(27)46-38(51)54;1-2-52-32(48)22-53-27-20-46(21-27)25-8-12-44(13-9-25)34(49)31(19-23-17-28(37(39,40)41)33(42)29(38)18-23)54-36(51)45-14-10-26(11-15-45)47-16-7-24-5-3-4-6-30(24)43-35(47)50/h3-4,6-7,20-21,28-30,34H,5,8-19,22-25,45H2,1-2H3,(H,46,54);3-6,17-18,25-27,31H,2,7-16,19-22,42H2,1H3,(H,43,50)/t34-;31-/m11/s1. The van der Waals surface area contributed by atoms with Crippen LogP contribution < -0.4 is 22.1 Å². The number of nitrogens with two attached hydrogens (primary N) is 2. The molecule has 8 heterocycles. The summed E-state index contributed by atoms with van der Waals surface area (Å²) in [6.45, 7) is 9.02. The van der Waals surface area contributed by atoms with E-state index < -0.39 is 83.0 Å². The van der Waals surface area contributed by atoms with E-state index in [0.29, 0.717) is 136 Å². The molecule has 0 saturated carbocycles. The van der Waals surface area contributed by atoms with Crippen LogP contribution in [0.5, 0.6) is 0 Å². The average molecular weight is 1620 g/mol. The second-order valence-electron chi connectivity index (χ2n) is 29.8. The zero-order valence-electron chi connectivity index (χ0n) is 63.1. The molecule has 12 rings (SSSR count). The van der Waals surface area contributed by atoms with Crippen molar-refractivity contribution in [2.45, 2.75) is 151 Å². The maximum absolute atomic E-state index is 14.1. The Morgan fingerprint density at radius 1 is 0.527 bits per heavy atom. The molecule has 4 aromatic carbocycles. The smallest absolute Gasteiger partial charge is 0.418 e. The number of rotatable bonds is 23. The molecular formula is C77H99Cl2F6N13O14. The van der Waals surface area contributed by atoms with Crippen LogP contribution in [0.25, 0.3) is 0 Å². The number of ether oxygens (including phenoxy) is 6. The number of hydrogen-bond acceptors (Lipinski definition) is 19. The molecule has 6 N–H and O–H groups in total. The number of fused-ring (bicyclic) bond motifs is 2. The second kappa shape index (κ2) is 38.0. The molecule has 8 aliphatic rings. The lowest BCUT2D eigenvalue weighted by Crippen LogP contribution is -2.59. The number of amides is 8. The summed E-state index contributed by atoms with van der Waals surface area (Å²) < 4.78 is 116. The van der Waals surface area contributed by atoms with Crippen molar-refractivity contribution < 1.29 is 93.1 Å². The number of carbonyl (C=O) groups excluding carboxylic acids is 8. The number of urea groups is 2. The fraction of sp³-hybridized carbons (Fsp3) is 0.584. The highest BCUT2D eigenvalue weighted by Crippen LogP contribution is 2.41. The van der Waals surface area contributed by atoms with Gasteiger partial charge in [-0.15, -0.1) is 0 Å². The number of anilines is 4. The first kappa shape index (κ1) is 84.3. The first-order chi connectivity index (χ1) is 53.5. The van der Waals surface area contributed by atoms with Gasteiger partial charge in [0.05, 0.1) is 58.0 Å². The number of carbonyl (C=O) groups is 8. The Bertz CT molecular complexity index is 3980. The number of halogens is 8. The number of nitrogens with one attached hydrogen (secondary N) is 2. The Kier molecular flexibility index (Phi) is 28.6. The highest BCUT2D eigenvalue weighted by atomic mass is 35.5. The molecule has 0 unspecified atom stereocenters. The molecule has 0 aromatic heterocycles. The van der Waals surface area contributed by atoms with Crippen LogP contribution in [0.15, 0.2) is 72.8 Å². The van der Waals surface area contributed by atoms with E-state index in [2.05, 4.69) is 20.4 Å². The molecule has 4 aromatic rings. The van der Waals surface area contributed by atoms with Gasteiger partial charge in [-0.25, -0.2) is 28.8 Å². The van der Waals surface area contributed by atoms with Gasteiger partial charge in [-0.2, -0.15) is 26.3 Å². The number of nitrogen functional groups attached to an aromatic ring is 2.